The SMILES string of the molecule is CC(C)(C)OC(=O)Nc1ccc(OC(F)(F)F)cc1C(=O)NCC(=O)N[C@@H]1CCCC[C@@H]1NC(=O)c1ccc(S(N)(=O)=O)cc1. The minimum Gasteiger partial charge on any atom is -0.444 e. The zero-order valence-electron chi connectivity index (χ0n) is 24.6. The average molecular weight is 658 g/mol. The molecule has 0 saturated heterocycles. The second kappa shape index (κ2) is 14.2. The van der Waals surface area contributed by atoms with E-state index in [0.29, 0.717) is 12.8 Å². The smallest absolute Gasteiger partial charge is 0.444 e. The summed E-state index contributed by atoms with van der Waals surface area (Å²) in [6, 6.07) is 6.71. The lowest BCUT2D eigenvalue weighted by molar-refractivity contribution is -0.274. The number of ether oxygens (including phenoxy) is 2. The monoisotopic (exact) mass is 657 g/mol. The number of carbonyl (C=O) groups is 4. The van der Waals surface area contributed by atoms with Crippen molar-refractivity contribution in [2.75, 3.05) is 11.9 Å². The Labute approximate surface area is 257 Å². The predicted molar refractivity (Wildman–Crippen MR) is 155 cm³/mol. The summed E-state index contributed by atoms with van der Waals surface area (Å²) >= 11 is 0. The molecule has 6 N–H and O–H groups in total. The van der Waals surface area contributed by atoms with Gasteiger partial charge in [0.15, 0.2) is 0 Å². The molecule has 0 bridgehead atoms. The molecular formula is C28H34F3N5O8S. The fourth-order valence-corrected chi connectivity index (χ4v) is 4.98. The van der Waals surface area contributed by atoms with E-state index in [1.54, 1.807) is 20.8 Å². The zero-order valence-corrected chi connectivity index (χ0v) is 25.4. The molecule has 3 rings (SSSR count). The van der Waals surface area contributed by atoms with Gasteiger partial charge in [-0.25, -0.2) is 18.4 Å². The van der Waals surface area contributed by atoms with Crippen molar-refractivity contribution in [3.8, 4) is 5.75 Å². The highest BCUT2D eigenvalue weighted by atomic mass is 32.2. The first-order chi connectivity index (χ1) is 20.8. The van der Waals surface area contributed by atoms with Crippen molar-refractivity contribution in [1.29, 1.82) is 0 Å². The molecule has 13 nitrogen and oxygen atoms in total. The van der Waals surface area contributed by atoms with E-state index in [1.807, 2.05) is 0 Å². The number of hydrogen-bond acceptors (Lipinski definition) is 8. The topological polar surface area (TPSA) is 195 Å². The Kier molecular flexibility index (Phi) is 11.0. The lowest BCUT2D eigenvalue weighted by Gasteiger charge is -2.33. The summed E-state index contributed by atoms with van der Waals surface area (Å²) < 4.78 is 70.3. The molecule has 1 saturated carbocycles. The van der Waals surface area contributed by atoms with Crippen LogP contribution in [-0.4, -0.2) is 62.8 Å². The van der Waals surface area contributed by atoms with E-state index in [-0.39, 0.29) is 16.1 Å². The maximum atomic E-state index is 13.0. The van der Waals surface area contributed by atoms with Crippen LogP contribution in [0.2, 0.25) is 0 Å². The first-order valence-electron chi connectivity index (χ1n) is 13.7. The van der Waals surface area contributed by atoms with E-state index in [1.165, 1.54) is 24.3 Å². The van der Waals surface area contributed by atoms with Crippen molar-refractivity contribution in [1.82, 2.24) is 16.0 Å². The molecule has 0 unspecified atom stereocenters. The highest BCUT2D eigenvalue weighted by Crippen LogP contribution is 2.28. The van der Waals surface area contributed by atoms with Crippen LogP contribution in [0.5, 0.6) is 5.75 Å². The van der Waals surface area contributed by atoms with Crippen LogP contribution in [-0.2, 0) is 19.6 Å². The van der Waals surface area contributed by atoms with Gasteiger partial charge in [-0.1, -0.05) is 12.8 Å². The van der Waals surface area contributed by atoms with Gasteiger partial charge < -0.3 is 25.4 Å². The van der Waals surface area contributed by atoms with E-state index in [2.05, 4.69) is 26.0 Å². The molecule has 45 heavy (non-hydrogen) atoms. The van der Waals surface area contributed by atoms with Gasteiger partial charge in [-0.3, -0.25) is 19.7 Å². The largest absolute Gasteiger partial charge is 0.573 e. The lowest BCUT2D eigenvalue weighted by atomic mass is 9.90. The maximum Gasteiger partial charge on any atom is 0.573 e. The summed E-state index contributed by atoms with van der Waals surface area (Å²) in [7, 11) is -3.93. The number of hydrogen-bond donors (Lipinski definition) is 5. The third-order valence-electron chi connectivity index (χ3n) is 6.39. The third-order valence-corrected chi connectivity index (χ3v) is 7.32. The number of amides is 4. The first kappa shape index (κ1) is 35.1. The number of halogens is 3. The number of primary sulfonamides is 1. The van der Waals surface area contributed by atoms with Crippen molar-refractivity contribution >= 4 is 39.5 Å². The van der Waals surface area contributed by atoms with Crippen molar-refractivity contribution in [2.45, 2.75) is 75.4 Å². The number of alkyl halides is 3. The molecular weight excluding hydrogens is 623 g/mol. The summed E-state index contributed by atoms with van der Waals surface area (Å²) in [5, 5.41) is 15.3. The molecule has 1 aliphatic carbocycles. The van der Waals surface area contributed by atoms with Crippen LogP contribution in [0.25, 0.3) is 0 Å². The van der Waals surface area contributed by atoms with Crippen LogP contribution in [0, 0.1) is 0 Å². The number of anilines is 1. The molecule has 1 fully saturated rings. The second-order valence-electron chi connectivity index (χ2n) is 11.2. The van der Waals surface area contributed by atoms with Gasteiger partial charge in [0.1, 0.15) is 11.4 Å². The Morgan fingerprint density at radius 1 is 0.911 bits per heavy atom. The van der Waals surface area contributed by atoms with E-state index in [9.17, 15) is 40.8 Å². The van der Waals surface area contributed by atoms with Gasteiger partial charge in [-0.05, 0) is 76.1 Å². The second-order valence-corrected chi connectivity index (χ2v) is 12.7. The molecule has 0 radical (unpaired) electrons. The molecule has 2 aromatic rings. The van der Waals surface area contributed by atoms with Gasteiger partial charge in [0, 0.05) is 17.6 Å². The number of benzene rings is 2. The van der Waals surface area contributed by atoms with Crippen molar-refractivity contribution < 1.29 is 50.2 Å². The Hall–Kier alpha value is -4.38. The molecule has 4 amide bonds. The molecule has 246 valence electrons. The quantitative estimate of drug-likeness (QED) is 0.271. The van der Waals surface area contributed by atoms with Crippen LogP contribution in [0.4, 0.5) is 23.7 Å². The number of nitrogens with one attached hydrogen (secondary N) is 4. The molecule has 0 heterocycles. The standard InChI is InChI=1S/C28H34F3N5O8S/c1-27(2,3)44-26(40)36-20-13-10-17(43-28(29,30)31)14-19(20)25(39)33-15-23(37)34-21-6-4-5-7-22(21)35-24(38)16-8-11-18(12-9-16)45(32,41)42/h8-14,21-22H,4-7,15H2,1-3H3,(H,33,39)(H,34,37)(H,35,38)(H,36,40)(H2,32,41,42)/t21-,22+/m1/s1. The molecule has 2 atom stereocenters. The fourth-order valence-electron chi connectivity index (χ4n) is 4.47. The van der Waals surface area contributed by atoms with E-state index in [4.69, 9.17) is 9.88 Å². The molecule has 0 aromatic heterocycles. The van der Waals surface area contributed by atoms with Gasteiger partial charge in [0.2, 0.25) is 15.9 Å². The minimum atomic E-state index is -5.05. The Morgan fingerprint density at radius 2 is 1.51 bits per heavy atom. The van der Waals surface area contributed by atoms with Crippen molar-refractivity contribution in [2.24, 2.45) is 5.14 Å². The highest BCUT2D eigenvalue weighted by Gasteiger charge is 2.32. The normalized spacial score (nSPS) is 17.0. The number of rotatable bonds is 9. The Morgan fingerprint density at radius 3 is 2.07 bits per heavy atom. The van der Waals surface area contributed by atoms with Crippen molar-refractivity contribution in [3.05, 3.63) is 53.6 Å². The lowest BCUT2D eigenvalue weighted by Crippen LogP contribution is -2.54. The van der Waals surface area contributed by atoms with Gasteiger partial charge in [0.05, 0.1) is 22.7 Å². The van der Waals surface area contributed by atoms with Gasteiger partial charge in [-0.15, -0.1) is 13.2 Å². The van der Waals surface area contributed by atoms with E-state index < -0.39 is 75.7 Å². The summed E-state index contributed by atoms with van der Waals surface area (Å²) in [4.78, 5) is 50.7. The van der Waals surface area contributed by atoms with Crippen LogP contribution in [0.1, 0.15) is 67.2 Å². The predicted octanol–water partition coefficient (Wildman–Crippen LogP) is 3.17. The maximum absolute atomic E-state index is 13.0. The fraction of sp³-hybridized carbons (Fsp3) is 0.429. The number of sulfonamides is 1. The number of carbonyl (C=O) groups excluding carboxylic acids is 4. The molecule has 0 aliphatic heterocycles. The van der Waals surface area contributed by atoms with Crippen LogP contribution >= 0.6 is 0 Å². The van der Waals surface area contributed by atoms with Gasteiger partial charge in [0.25, 0.3) is 11.8 Å². The average Bonchev–Trinajstić information content (AvgIpc) is 2.91. The van der Waals surface area contributed by atoms with E-state index in [0.717, 1.165) is 31.0 Å². The minimum absolute atomic E-state index is 0.156. The number of nitrogens with two attached hydrogens (primary N) is 1. The van der Waals surface area contributed by atoms with Crippen LogP contribution in [0.3, 0.4) is 0 Å². The third kappa shape index (κ3) is 11.2. The molecule has 2 aromatic carbocycles. The summed E-state index contributed by atoms with van der Waals surface area (Å²) in [5.41, 5.74) is -1.34. The van der Waals surface area contributed by atoms with E-state index >= 15 is 0 Å². The zero-order chi connectivity index (χ0) is 33.6. The van der Waals surface area contributed by atoms with Gasteiger partial charge >= 0.3 is 12.5 Å². The van der Waals surface area contributed by atoms with Crippen LogP contribution < -0.4 is 31.1 Å². The molecule has 1 aliphatic rings. The Bertz CT molecular complexity index is 1530. The van der Waals surface area contributed by atoms with Gasteiger partial charge in [-0.2, -0.15) is 0 Å². The van der Waals surface area contributed by atoms with Crippen molar-refractivity contribution in [3.63, 3.8) is 0 Å². The summed E-state index contributed by atoms with van der Waals surface area (Å²) in [6.45, 7) is 4.20. The summed E-state index contributed by atoms with van der Waals surface area (Å²) in [5.74, 6) is -2.86. The molecule has 17 heteroatoms. The Balaban J connectivity index is 1.66. The first-order valence-corrected chi connectivity index (χ1v) is 15.3. The highest BCUT2D eigenvalue weighted by molar-refractivity contribution is 7.89. The molecule has 0 spiro atoms. The summed E-state index contributed by atoms with van der Waals surface area (Å²) in [6.07, 6.45) is -3.46. The van der Waals surface area contributed by atoms with Crippen LogP contribution in [0.15, 0.2) is 47.4 Å².